The van der Waals surface area contributed by atoms with E-state index >= 15 is 0 Å². The van der Waals surface area contributed by atoms with E-state index in [1.54, 1.807) is 6.20 Å². The third kappa shape index (κ3) is 6.05. The average molecular weight is 537 g/mol. The van der Waals surface area contributed by atoms with E-state index in [0.29, 0.717) is 50.8 Å². The van der Waals surface area contributed by atoms with Crippen LogP contribution in [-0.2, 0) is 30.7 Å². The average Bonchev–Trinajstić information content (AvgIpc) is 3.66. The Hall–Kier alpha value is -2.12. The smallest absolute Gasteiger partial charge is 0.252 e. The summed E-state index contributed by atoms with van der Waals surface area (Å²) in [4.78, 5) is 34.3. The molecule has 1 atom stereocenters. The molecule has 2 saturated heterocycles. The van der Waals surface area contributed by atoms with Gasteiger partial charge in [0, 0.05) is 56.2 Å². The molecule has 3 fully saturated rings. The fraction of sp³-hybridized carbons (Fsp3) is 0.625. The summed E-state index contributed by atoms with van der Waals surface area (Å²) in [5.74, 6) is -0.0990. The second-order valence-corrected chi connectivity index (χ2v) is 13.0. The lowest BCUT2D eigenvalue weighted by Crippen LogP contribution is -2.35. The summed E-state index contributed by atoms with van der Waals surface area (Å²) < 4.78 is 37.4. The van der Waals surface area contributed by atoms with Crippen LogP contribution in [0.4, 0.5) is 5.13 Å². The van der Waals surface area contributed by atoms with Crippen molar-refractivity contribution < 1.29 is 22.7 Å². The molecular formula is C24H32N4O6S2. The number of hydrogen-bond donors (Lipinski definition) is 1. The number of pyridine rings is 1. The molecule has 1 aliphatic carbocycles. The van der Waals surface area contributed by atoms with Crippen molar-refractivity contribution in [3.05, 3.63) is 39.8 Å². The van der Waals surface area contributed by atoms with E-state index in [2.05, 4.69) is 15.2 Å². The molecular weight excluding hydrogens is 504 g/mol. The Kier molecular flexibility index (Phi) is 7.87. The molecule has 1 unspecified atom stereocenters. The Labute approximate surface area is 214 Å². The molecule has 2 aromatic heterocycles. The van der Waals surface area contributed by atoms with Crippen molar-refractivity contribution in [1.82, 2.24) is 14.5 Å². The molecule has 36 heavy (non-hydrogen) atoms. The number of nitrogens with zero attached hydrogens (tertiary/aromatic N) is 3. The fourth-order valence-corrected chi connectivity index (χ4v) is 7.24. The SMILES string of the molecule is O=C(Nc1ncc(CN2CCOCC2)s1)C(CC1CCOCC1)n1ccc(S(=O)(=O)C2CC2)cc1=O. The molecule has 1 saturated carbocycles. The van der Waals surface area contributed by atoms with Gasteiger partial charge in [0.05, 0.1) is 23.4 Å². The molecule has 1 N–H and O–H groups in total. The summed E-state index contributed by atoms with van der Waals surface area (Å²) in [7, 11) is -3.49. The highest BCUT2D eigenvalue weighted by Crippen LogP contribution is 2.33. The third-order valence-electron chi connectivity index (χ3n) is 7.01. The predicted molar refractivity (Wildman–Crippen MR) is 135 cm³/mol. The Bertz CT molecular complexity index is 1230. The summed E-state index contributed by atoms with van der Waals surface area (Å²) in [6.45, 7) is 5.16. The first-order valence-corrected chi connectivity index (χ1v) is 14.9. The monoisotopic (exact) mass is 536 g/mol. The van der Waals surface area contributed by atoms with Crippen molar-refractivity contribution >= 4 is 32.2 Å². The number of ether oxygens (including phenoxy) is 2. The Morgan fingerprint density at radius 2 is 1.86 bits per heavy atom. The van der Waals surface area contributed by atoms with Gasteiger partial charge in [-0.1, -0.05) is 0 Å². The highest BCUT2D eigenvalue weighted by molar-refractivity contribution is 7.92. The first-order chi connectivity index (χ1) is 17.4. The van der Waals surface area contributed by atoms with Crippen molar-refractivity contribution in [2.24, 2.45) is 5.92 Å². The van der Waals surface area contributed by atoms with Crippen molar-refractivity contribution in [2.75, 3.05) is 44.8 Å². The topological polar surface area (TPSA) is 120 Å². The number of carbonyl (C=O) groups is 1. The van der Waals surface area contributed by atoms with Crippen LogP contribution in [0.5, 0.6) is 0 Å². The van der Waals surface area contributed by atoms with Gasteiger partial charge in [-0.05, 0) is 44.1 Å². The highest BCUT2D eigenvalue weighted by atomic mass is 32.2. The number of hydrogen-bond acceptors (Lipinski definition) is 9. The van der Waals surface area contributed by atoms with Crippen molar-refractivity contribution in [3.8, 4) is 0 Å². The summed E-state index contributed by atoms with van der Waals surface area (Å²) in [5.41, 5.74) is -0.490. The maximum atomic E-state index is 13.5. The van der Waals surface area contributed by atoms with Crippen LogP contribution in [0.25, 0.3) is 0 Å². The first kappa shape index (κ1) is 25.5. The Morgan fingerprint density at radius 3 is 2.56 bits per heavy atom. The minimum Gasteiger partial charge on any atom is -0.381 e. The minimum absolute atomic E-state index is 0.0316. The lowest BCUT2D eigenvalue weighted by atomic mass is 9.92. The third-order valence-corrected chi connectivity index (χ3v) is 10.2. The van der Waals surface area contributed by atoms with Gasteiger partial charge in [0.25, 0.3) is 5.56 Å². The molecule has 2 aliphatic heterocycles. The molecule has 0 spiro atoms. The number of nitrogens with one attached hydrogen (secondary N) is 1. The van der Waals surface area contributed by atoms with E-state index in [-0.39, 0.29) is 16.7 Å². The van der Waals surface area contributed by atoms with Crippen LogP contribution in [0, 0.1) is 5.92 Å². The van der Waals surface area contributed by atoms with Gasteiger partial charge in [-0.3, -0.25) is 14.5 Å². The van der Waals surface area contributed by atoms with E-state index in [1.165, 1.54) is 28.2 Å². The normalized spacial score (nSPS) is 20.8. The maximum absolute atomic E-state index is 13.5. The van der Waals surface area contributed by atoms with Crippen LogP contribution < -0.4 is 10.9 Å². The highest BCUT2D eigenvalue weighted by Gasteiger charge is 2.37. The van der Waals surface area contributed by atoms with E-state index < -0.39 is 26.7 Å². The number of aromatic nitrogens is 2. The van der Waals surface area contributed by atoms with E-state index in [1.807, 2.05) is 0 Å². The van der Waals surface area contributed by atoms with Crippen LogP contribution >= 0.6 is 11.3 Å². The van der Waals surface area contributed by atoms with E-state index in [9.17, 15) is 18.0 Å². The minimum atomic E-state index is -3.49. The van der Waals surface area contributed by atoms with Crippen molar-refractivity contribution in [3.63, 3.8) is 0 Å². The number of sulfone groups is 1. The van der Waals surface area contributed by atoms with E-state index in [0.717, 1.165) is 43.4 Å². The van der Waals surface area contributed by atoms with Crippen LogP contribution in [-0.4, -0.2) is 73.5 Å². The summed E-state index contributed by atoms with van der Waals surface area (Å²) in [6, 6.07) is 1.83. The number of morpholine rings is 1. The zero-order valence-corrected chi connectivity index (χ0v) is 21.8. The molecule has 2 aromatic rings. The number of rotatable bonds is 9. The number of amides is 1. The van der Waals surface area contributed by atoms with Gasteiger partial charge in [0.15, 0.2) is 15.0 Å². The molecule has 12 heteroatoms. The van der Waals surface area contributed by atoms with Gasteiger partial charge in [0.2, 0.25) is 5.91 Å². The van der Waals surface area contributed by atoms with Crippen LogP contribution in [0.3, 0.4) is 0 Å². The van der Waals surface area contributed by atoms with Gasteiger partial charge in [-0.25, -0.2) is 13.4 Å². The Morgan fingerprint density at radius 1 is 1.14 bits per heavy atom. The summed E-state index contributed by atoms with van der Waals surface area (Å²) in [6.07, 6.45) is 6.57. The standard InChI is InChI=1S/C24H32N4O6S2/c29-22-14-20(36(31,32)19-1-2-19)3-6-28(22)21(13-17-4-9-33-10-5-17)23(30)26-24-25-15-18(35-24)16-27-7-11-34-12-8-27/h3,6,14-15,17,19,21H,1-2,4-5,7-13,16H2,(H,25,26,30). The van der Waals surface area contributed by atoms with Gasteiger partial charge in [0.1, 0.15) is 6.04 Å². The lowest BCUT2D eigenvalue weighted by Gasteiger charge is -2.27. The van der Waals surface area contributed by atoms with Crippen molar-refractivity contribution in [2.45, 2.75) is 54.8 Å². The van der Waals surface area contributed by atoms with Gasteiger partial charge in [-0.15, -0.1) is 11.3 Å². The van der Waals surface area contributed by atoms with Crippen LogP contribution in [0.15, 0.2) is 34.2 Å². The summed E-state index contributed by atoms with van der Waals surface area (Å²) in [5, 5.41) is 2.99. The lowest BCUT2D eigenvalue weighted by molar-refractivity contribution is -0.120. The molecule has 0 radical (unpaired) electrons. The van der Waals surface area contributed by atoms with E-state index in [4.69, 9.17) is 9.47 Å². The van der Waals surface area contributed by atoms with Gasteiger partial charge in [-0.2, -0.15) is 0 Å². The zero-order chi connectivity index (χ0) is 25.1. The van der Waals surface area contributed by atoms with Gasteiger partial charge < -0.3 is 19.4 Å². The molecule has 4 heterocycles. The summed E-state index contributed by atoms with van der Waals surface area (Å²) >= 11 is 1.42. The second kappa shape index (κ2) is 11.1. The predicted octanol–water partition coefficient (Wildman–Crippen LogP) is 2.07. The number of thiazole rings is 1. The molecule has 196 valence electrons. The van der Waals surface area contributed by atoms with Crippen LogP contribution in [0.1, 0.15) is 43.0 Å². The van der Waals surface area contributed by atoms with Crippen molar-refractivity contribution in [1.29, 1.82) is 0 Å². The molecule has 10 nitrogen and oxygen atoms in total. The fourth-order valence-electron chi connectivity index (χ4n) is 4.73. The number of anilines is 1. The first-order valence-electron chi connectivity index (χ1n) is 12.5. The Balaban J connectivity index is 1.34. The second-order valence-electron chi connectivity index (χ2n) is 9.67. The zero-order valence-electron chi connectivity index (χ0n) is 20.1. The molecule has 3 aliphatic rings. The van der Waals surface area contributed by atoms with Gasteiger partial charge >= 0.3 is 0 Å². The molecule has 5 rings (SSSR count). The largest absolute Gasteiger partial charge is 0.381 e. The molecule has 0 aromatic carbocycles. The quantitative estimate of drug-likeness (QED) is 0.517. The molecule has 1 amide bonds. The maximum Gasteiger partial charge on any atom is 0.252 e. The van der Waals surface area contributed by atoms with Crippen LogP contribution in [0.2, 0.25) is 0 Å². The number of carbonyl (C=O) groups excluding carboxylic acids is 1. The molecule has 0 bridgehead atoms.